The van der Waals surface area contributed by atoms with Crippen LogP contribution in [-0.2, 0) is 4.74 Å². The minimum Gasteiger partial charge on any atom is -0.481 e. The monoisotopic (exact) mass is 182 g/mol. The maximum atomic E-state index is 5.53. The first-order chi connectivity index (χ1) is 6.13. The first kappa shape index (κ1) is 11.8. The third kappa shape index (κ3) is 5.06. The molecule has 3 heteroatoms. The number of nitrogens with zero attached hydrogens (tertiary/aromatic N) is 1. The predicted octanol–water partition coefficient (Wildman–Crippen LogP) is 2.21. The molecule has 3 nitrogen and oxygen atoms in total. The van der Waals surface area contributed by atoms with Gasteiger partial charge in [0, 0.05) is 0 Å². The molecule has 0 bridgehead atoms. The molecule has 13 heavy (non-hydrogen) atoms. The van der Waals surface area contributed by atoms with Gasteiger partial charge in [-0.1, -0.05) is 12.5 Å². The second-order valence-electron chi connectivity index (χ2n) is 2.71. The van der Waals surface area contributed by atoms with Gasteiger partial charge in [-0.05, 0) is 32.4 Å². The molecule has 0 aliphatic carbocycles. The van der Waals surface area contributed by atoms with E-state index in [-0.39, 0.29) is 0 Å². The average Bonchev–Trinajstić information content (AvgIpc) is 2.16. The van der Waals surface area contributed by atoms with Crippen LogP contribution < -0.4 is 5.73 Å². The van der Waals surface area contributed by atoms with Crippen LogP contribution in [0, 0.1) is 0 Å². The van der Waals surface area contributed by atoms with Gasteiger partial charge >= 0.3 is 0 Å². The molecule has 0 saturated heterocycles. The minimum atomic E-state index is 0.469. The first-order valence-electron chi connectivity index (χ1n) is 4.35. The van der Waals surface area contributed by atoms with Gasteiger partial charge in [-0.3, -0.25) is 0 Å². The highest BCUT2D eigenvalue weighted by Crippen LogP contribution is 2.00. The van der Waals surface area contributed by atoms with Crippen LogP contribution in [0.2, 0.25) is 0 Å². The van der Waals surface area contributed by atoms with Crippen molar-refractivity contribution < 1.29 is 4.74 Å². The van der Waals surface area contributed by atoms with E-state index in [1.54, 1.807) is 13.2 Å². The molecule has 2 N–H and O–H groups in total. The van der Waals surface area contributed by atoms with Crippen molar-refractivity contribution in [3.05, 3.63) is 23.5 Å². The minimum absolute atomic E-state index is 0.469. The van der Waals surface area contributed by atoms with Crippen molar-refractivity contribution in [2.45, 2.75) is 27.2 Å². The van der Waals surface area contributed by atoms with E-state index in [9.17, 15) is 0 Å². The number of hydrogen-bond acceptors (Lipinski definition) is 3. The predicted molar refractivity (Wildman–Crippen MR) is 56.4 cm³/mol. The fraction of sp³-hybridized carbons (Fsp3) is 0.500. The van der Waals surface area contributed by atoms with E-state index in [2.05, 4.69) is 11.9 Å². The van der Waals surface area contributed by atoms with E-state index < -0.39 is 0 Å². The maximum Gasteiger partial charge on any atom is 0.214 e. The van der Waals surface area contributed by atoms with Crippen molar-refractivity contribution in [1.29, 1.82) is 0 Å². The van der Waals surface area contributed by atoms with Gasteiger partial charge in [0.1, 0.15) is 5.82 Å². The molecule has 0 fully saturated rings. The molecule has 0 unspecified atom stereocenters. The lowest BCUT2D eigenvalue weighted by Crippen LogP contribution is -2.02. The Morgan fingerprint density at radius 2 is 2.15 bits per heavy atom. The van der Waals surface area contributed by atoms with Crippen molar-refractivity contribution in [2.75, 3.05) is 7.11 Å². The molecular weight excluding hydrogens is 164 g/mol. The van der Waals surface area contributed by atoms with Gasteiger partial charge in [0.05, 0.1) is 7.11 Å². The molecule has 0 aromatic carbocycles. The zero-order valence-corrected chi connectivity index (χ0v) is 8.79. The number of hydrogen-bond donors (Lipinski definition) is 1. The van der Waals surface area contributed by atoms with E-state index in [4.69, 9.17) is 10.5 Å². The highest BCUT2D eigenvalue weighted by molar-refractivity contribution is 5.88. The maximum absolute atomic E-state index is 5.53. The Kier molecular flexibility index (Phi) is 5.68. The van der Waals surface area contributed by atoms with Crippen LogP contribution in [0.25, 0.3) is 0 Å². The van der Waals surface area contributed by atoms with Crippen molar-refractivity contribution in [1.82, 2.24) is 0 Å². The molecule has 0 spiro atoms. The number of rotatable bonds is 3. The molecule has 0 heterocycles. The van der Waals surface area contributed by atoms with E-state index in [0.717, 1.165) is 6.42 Å². The van der Waals surface area contributed by atoms with Crippen LogP contribution in [0.4, 0.5) is 0 Å². The topological polar surface area (TPSA) is 47.6 Å². The Balaban J connectivity index is 4.61. The molecule has 74 valence electrons. The van der Waals surface area contributed by atoms with Gasteiger partial charge in [0.15, 0.2) is 0 Å². The highest BCUT2D eigenvalue weighted by atomic mass is 16.5. The van der Waals surface area contributed by atoms with Crippen LogP contribution >= 0.6 is 0 Å². The highest BCUT2D eigenvalue weighted by Gasteiger charge is 1.94. The first-order valence-corrected chi connectivity index (χ1v) is 4.35. The number of nitrogens with two attached hydrogens (primary N) is 1. The summed E-state index contributed by atoms with van der Waals surface area (Å²) in [7, 11) is 1.58. The fourth-order valence-electron chi connectivity index (χ4n) is 0.641. The van der Waals surface area contributed by atoms with Crippen LogP contribution in [0.3, 0.4) is 0 Å². The quantitative estimate of drug-likeness (QED) is 0.537. The summed E-state index contributed by atoms with van der Waals surface area (Å²) in [5, 5.41) is 0. The number of aliphatic imine (C=N–C) groups is 1. The SMILES string of the molecule is C\C=C(N)/N=C(/C=C(\C)CC)OC. The van der Waals surface area contributed by atoms with Gasteiger partial charge < -0.3 is 10.5 Å². The standard InChI is InChI=1S/C10H18N2O/c1-5-8(3)7-10(13-4)12-9(11)6-2/h6-7H,5,11H2,1-4H3/b8-7+,9-6-,12-10-. The zero-order valence-electron chi connectivity index (χ0n) is 8.79. The molecule has 0 saturated carbocycles. The Hall–Kier alpha value is -1.25. The molecular formula is C10H18N2O. The molecule has 0 radical (unpaired) electrons. The summed E-state index contributed by atoms with van der Waals surface area (Å²) in [6, 6.07) is 0. The second-order valence-corrected chi connectivity index (χ2v) is 2.71. The summed E-state index contributed by atoms with van der Waals surface area (Å²) < 4.78 is 5.05. The fourth-order valence-corrected chi connectivity index (χ4v) is 0.641. The van der Waals surface area contributed by atoms with Crippen LogP contribution in [0.15, 0.2) is 28.5 Å². The molecule has 0 rings (SSSR count). The molecule has 0 atom stereocenters. The Bertz CT molecular complexity index is 239. The van der Waals surface area contributed by atoms with Gasteiger partial charge in [-0.15, -0.1) is 0 Å². The van der Waals surface area contributed by atoms with E-state index in [1.807, 2.05) is 19.9 Å². The normalized spacial score (nSPS) is 14.6. The second kappa shape index (κ2) is 6.29. The lowest BCUT2D eigenvalue weighted by molar-refractivity contribution is 0.406. The molecule has 0 aliphatic heterocycles. The molecule has 0 aromatic rings. The Labute approximate surface area is 80.0 Å². The number of ether oxygens (including phenoxy) is 1. The Morgan fingerprint density at radius 3 is 2.54 bits per heavy atom. The number of methoxy groups -OCH3 is 1. The van der Waals surface area contributed by atoms with Crippen molar-refractivity contribution in [3.63, 3.8) is 0 Å². The summed E-state index contributed by atoms with van der Waals surface area (Å²) >= 11 is 0. The van der Waals surface area contributed by atoms with Crippen LogP contribution in [0.5, 0.6) is 0 Å². The summed E-state index contributed by atoms with van der Waals surface area (Å²) in [6.07, 6.45) is 4.60. The lowest BCUT2D eigenvalue weighted by Gasteiger charge is -2.01. The third-order valence-electron chi connectivity index (χ3n) is 1.67. The molecule has 0 aliphatic rings. The van der Waals surface area contributed by atoms with Crippen molar-refractivity contribution >= 4 is 5.90 Å². The van der Waals surface area contributed by atoms with Crippen molar-refractivity contribution in [3.8, 4) is 0 Å². The summed E-state index contributed by atoms with van der Waals surface area (Å²) in [5.74, 6) is 1.02. The third-order valence-corrected chi connectivity index (χ3v) is 1.67. The van der Waals surface area contributed by atoms with E-state index in [0.29, 0.717) is 11.7 Å². The summed E-state index contributed by atoms with van der Waals surface area (Å²) in [4.78, 5) is 4.06. The van der Waals surface area contributed by atoms with Gasteiger partial charge in [-0.2, -0.15) is 4.99 Å². The van der Waals surface area contributed by atoms with Crippen LogP contribution in [0.1, 0.15) is 27.2 Å². The molecule has 0 amide bonds. The van der Waals surface area contributed by atoms with Gasteiger partial charge in [-0.25, -0.2) is 0 Å². The van der Waals surface area contributed by atoms with E-state index in [1.165, 1.54) is 5.57 Å². The lowest BCUT2D eigenvalue weighted by atomic mass is 10.2. The zero-order chi connectivity index (χ0) is 10.3. The summed E-state index contributed by atoms with van der Waals surface area (Å²) in [5.41, 5.74) is 6.74. The smallest absolute Gasteiger partial charge is 0.214 e. The van der Waals surface area contributed by atoms with Gasteiger partial charge in [0.25, 0.3) is 0 Å². The largest absolute Gasteiger partial charge is 0.481 e. The van der Waals surface area contributed by atoms with Crippen molar-refractivity contribution in [2.24, 2.45) is 10.7 Å². The number of allylic oxidation sites excluding steroid dienone is 2. The van der Waals surface area contributed by atoms with E-state index >= 15 is 0 Å². The van der Waals surface area contributed by atoms with Crippen LogP contribution in [-0.4, -0.2) is 13.0 Å². The van der Waals surface area contributed by atoms with Gasteiger partial charge in [0.2, 0.25) is 5.90 Å². The summed E-state index contributed by atoms with van der Waals surface area (Å²) in [6.45, 7) is 5.95. The molecule has 0 aromatic heterocycles. The Morgan fingerprint density at radius 1 is 1.54 bits per heavy atom. The average molecular weight is 182 g/mol.